The third-order valence-electron chi connectivity index (χ3n) is 2.70. The highest BCUT2D eigenvalue weighted by Crippen LogP contribution is 2.26. The topological polar surface area (TPSA) is 43.1 Å². The Morgan fingerprint density at radius 3 is 2.84 bits per heavy atom. The molecular formula is C12H7BrClFN4. The smallest absolute Gasteiger partial charge is 0.172 e. The van der Waals surface area contributed by atoms with Crippen molar-refractivity contribution in [1.29, 1.82) is 0 Å². The van der Waals surface area contributed by atoms with E-state index in [1.165, 1.54) is 6.07 Å². The van der Waals surface area contributed by atoms with Crippen molar-refractivity contribution in [3.05, 3.63) is 45.5 Å². The molecule has 0 saturated heterocycles. The van der Waals surface area contributed by atoms with Crippen LogP contribution in [0.1, 0.15) is 5.82 Å². The van der Waals surface area contributed by atoms with Crippen molar-refractivity contribution in [2.75, 3.05) is 0 Å². The first-order valence-corrected chi connectivity index (χ1v) is 6.57. The highest BCUT2D eigenvalue weighted by atomic mass is 79.9. The summed E-state index contributed by atoms with van der Waals surface area (Å²) in [5.74, 6) is 0.629. The van der Waals surface area contributed by atoms with Crippen LogP contribution in [0.2, 0.25) is 5.15 Å². The van der Waals surface area contributed by atoms with Crippen LogP contribution < -0.4 is 0 Å². The van der Waals surface area contributed by atoms with Gasteiger partial charge < -0.3 is 0 Å². The summed E-state index contributed by atoms with van der Waals surface area (Å²) in [5.41, 5.74) is 0.890. The van der Waals surface area contributed by atoms with Gasteiger partial charge in [0.2, 0.25) is 0 Å². The van der Waals surface area contributed by atoms with E-state index in [1.54, 1.807) is 29.5 Å². The van der Waals surface area contributed by atoms with E-state index >= 15 is 0 Å². The number of fused-ring (bicyclic) bond motifs is 1. The molecule has 4 nitrogen and oxygen atoms in total. The van der Waals surface area contributed by atoms with Gasteiger partial charge in [-0.25, -0.2) is 9.37 Å². The molecule has 19 heavy (non-hydrogen) atoms. The van der Waals surface area contributed by atoms with Crippen LogP contribution in [0.15, 0.2) is 28.7 Å². The average Bonchev–Trinajstić information content (AvgIpc) is 2.76. The van der Waals surface area contributed by atoms with Gasteiger partial charge in [0.15, 0.2) is 11.5 Å². The maximum absolute atomic E-state index is 13.9. The summed E-state index contributed by atoms with van der Waals surface area (Å²) >= 11 is 9.18. The SMILES string of the molecule is Cc1nc(Cl)cc2nnc(-c3cc(Br)ccc3F)n12. The van der Waals surface area contributed by atoms with Crippen molar-refractivity contribution < 1.29 is 4.39 Å². The molecule has 0 amide bonds. The molecule has 0 spiro atoms. The Morgan fingerprint density at radius 1 is 1.26 bits per heavy atom. The van der Waals surface area contributed by atoms with Gasteiger partial charge in [-0.15, -0.1) is 10.2 Å². The molecule has 0 N–H and O–H groups in total. The lowest BCUT2D eigenvalue weighted by Gasteiger charge is -2.05. The van der Waals surface area contributed by atoms with Gasteiger partial charge >= 0.3 is 0 Å². The van der Waals surface area contributed by atoms with Gasteiger partial charge in [0.1, 0.15) is 16.8 Å². The quantitative estimate of drug-likeness (QED) is 0.635. The predicted molar refractivity (Wildman–Crippen MR) is 73.6 cm³/mol. The van der Waals surface area contributed by atoms with Crippen LogP contribution in [0.25, 0.3) is 17.0 Å². The highest BCUT2D eigenvalue weighted by molar-refractivity contribution is 9.10. The summed E-state index contributed by atoms with van der Waals surface area (Å²) in [4.78, 5) is 4.13. The molecule has 0 bridgehead atoms. The first kappa shape index (κ1) is 12.5. The zero-order valence-corrected chi connectivity index (χ0v) is 12.1. The number of aryl methyl sites for hydroxylation is 1. The van der Waals surface area contributed by atoms with E-state index in [0.717, 1.165) is 4.47 Å². The molecule has 0 saturated carbocycles. The Morgan fingerprint density at radius 2 is 2.05 bits per heavy atom. The number of hydrogen-bond donors (Lipinski definition) is 0. The van der Waals surface area contributed by atoms with Gasteiger partial charge in [0, 0.05) is 10.5 Å². The monoisotopic (exact) mass is 340 g/mol. The number of rotatable bonds is 1. The summed E-state index contributed by atoms with van der Waals surface area (Å²) in [6.45, 7) is 1.77. The van der Waals surface area contributed by atoms with E-state index in [0.29, 0.717) is 28.0 Å². The standard InChI is InChI=1S/C12H7BrClFN4/c1-6-16-10(14)5-11-17-18-12(19(6)11)8-4-7(13)2-3-9(8)15/h2-5H,1H3. The zero-order valence-electron chi connectivity index (χ0n) is 9.73. The second kappa shape index (κ2) is 4.54. The Bertz CT molecular complexity index is 787. The molecular weight excluding hydrogens is 335 g/mol. The van der Waals surface area contributed by atoms with Gasteiger partial charge in [-0.2, -0.15) is 0 Å². The number of hydrogen-bond acceptors (Lipinski definition) is 3. The number of aromatic nitrogens is 4. The lowest BCUT2D eigenvalue weighted by atomic mass is 10.2. The molecule has 3 rings (SSSR count). The molecule has 0 atom stereocenters. The minimum absolute atomic E-state index is 0.332. The fourth-order valence-electron chi connectivity index (χ4n) is 1.90. The molecule has 0 radical (unpaired) electrons. The summed E-state index contributed by atoms with van der Waals surface area (Å²) in [5, 5.41) is 8.35. The summed E-state index contributed by atoms with van der Waals surface area (Å²) in [6.07, 6.45) is 0. The molecule has 1 aromatic carbocycles. The van der Waals surface area contributed by atoms with E-state index < -0.39 is 0 Å². The van der Waals surface area contributed by atoms with Crippen LogP contribution in [0.3, 0.4) is 0 Å². The Kier molecular flexibility index (Phi) is 2.99. The molecule has 0 unspecified atom stereocenters. The Hall–Kier alpha value is -1.53. The molecule has 0 aliphatic rings. The largest absolute Gasteiger partial charge is 0.263 e. The van der Waals surface area contributed by atoms with E-state index in [4.69, 9.17) is 11.6 Å². The third-order valence-corrected chi connectivity index (χ3v) is 3.38. The number of benzene rings is 1. The van der Waals surface area contributed by atoms with Gasteiger partial charge in [-0.1, -0.05) is 27.5 Å². The van der Waals surface area contributed by atoms with Crippen molar-refractivity contribution in [2.45, 2.75) is 6.92 Å². The Balaban J connectivity index is 2.34. The maximum atomic E-state index is 13.9. The van der Waals surface area contributed by atoms with Gasteiger partial charge in [-0.05, 0) is 25.1 Å². The first-order chi connectivity index (χ1) is 9.06. The van der Waals surface area contributed by atoms with Crippen LogP contribution in [0, 0.1) is 12.7 Å². The van der Waals surface area contributed by atoms with Crippen LogP contribution in [-0.2, 0) is 0 Å². The molecule has 0 fully saturated rings. The molecule has 0 aliphatic carbocycles. The van der Waals surface area contributed by atoms with Crippen molar-refractivity contribution in [1.82, 2.24) is 19.6 Å². The second-order valence-corrected chi connectivity index (χ2v) is 5.27. The summed E-state index contributed by atoms with van der Waals surface area (Å²) in [7, 11) is 0. The van der Waals surface area contributed by atoms with Gasteiger partial charge in [0.05, 0.1) is 5.56 Å². The van der Waals surface area contributed by atoms with Crippen molar-refractivity contribution in [3.63, 3.8) is 0 Å². The Labute approximate surface area is 121 Å². The normalized spacial score (nSPS) is 11.2. The van der Waals surface area contributed by atoms with E-state index in [9.17, 15) is 4.39 Å². The number of nitrogens with zero attached hydrogens (tertiary/aromatic N) is 4. The third kappa shape index (κ3) is 2.11. The molecule has 96 valence electrons. The van der Waals surface area contributed by atoms with Gasteiger partial charge in [-0.3, -0.25) is 4.40 Å². The maximum Gasteiger partial charge on any atom is 0.172 e. The lowest BCUT2D eigenvalue weighted by Crippen LogP contribution is -1.99. The molecule has 0 aliphatic heterocycles. The highest BCUT2D eigenvalue weighted by Gasteiger charge is 2.15. The van der Waals surface area contributed by atoms with Crippen LogP contribution in [-0.4, -0.2) is 19.6 Å². The lowest BCUT2D eigenvalue weighted by molar-refractivity contribution is 0.629. The fourth-order valence-corrected chi connectivity index (χ4v) is 2.48. The van der Waals surface area contributed by atoms with Crippen LogP contribution >= 0.6 is 27.5 Å². The van der Waals surface area contributed by atoms with E-state index in [2.05, 4.69) is 31.1 Å². The van der Waals surface area contributed by atoms with Crippen LogP contribution in [0.4, 0.5) is 4.39 Å². The van der Waals surface area contributed by atoms with E-state index in [1.807, 2.05) is 0 Å². The molecule has 7 heteroatoms. The first-order valence-electron chi connectivity index (χ1n) is 5.40. The summed E-state index contributed by atoms with van der Waals surface area (Å²) in [6, 6.07) is 6.24. The predicted octanol–water partition coefficient (Wildman–Crippen LogP) is 3.65. The van der Waals surface area contributed by atoms with Crippen molar-refractivity contribution >= 4 is 33.2 Å². The zero-order chi connectivity index (χ0) is 13.6. The minimum Gasteiger partial charge on any atom is -0.263 e. The molecule has 3 aromatic rings. The van der Waals surface area contributed by atoms with Crippen LogP contribution in [0.5, 0.6) is 0 Å². The minimum atomic E-state index is -0.369. The van der Waals surface area contributed by atoms with Gasteiger partial charge in [0.25, 0.3) is 0 Å². The molecule has 2 heterocycles. The van der Waals surface area contributed by atoms with Crippen molar-refractivity contribution in [3.8, 4) is 11.4 Å². The number of halogens is 3. The second-order valence-electron chi connectivity index (χ2n) is 3.97. The van der Waals surface area contributed by atoms with E-state index in [-0.39, 0.29) is 5.82 Å². The fraction of sp³-hybridized carbons (Fsp3) is 0.0833. The molecule has 2 aromatic heterocycles. The van der Waals surface area contributed by atoms with Crippen molar-refractivity contribution in [2.24, 2.45) is 0 Å². The average molecular weight is 342 g/mol. The summed E-state index contributed by atoms with van der Waals surface area (Å²) < 4.78 is 16.4.